The second-order valence-corrected chi connectivity index (χ2v) is 5.88. The summed E-state index contributed by atoms with van der Waals surface area (Å²) < 4.78 is 21.9. The highest BCUT2D eigenvalue weighted by molar-refractivity contribution is 5.94. The van der Waals surface area contributed by atoms with Gasteiger partial charge in [-0.2, -0.15) is 0 Å². The molecule has 0 fully saturated rings. The molecule has 0 saturated carbocycles. The molecule has 6 nitrogen and oxygen atoms in total. The van der Waals surface area contributed by atoms with Crippen LogP contribution in [0.3, 0.4) is 0 Å². The van der Waals surface area contributed by atoms with Gasteiger partial charge in [-0.15, -0.1) is 0 Å². The van der Waals surface area contributed by atoms with Gasteiger partial charge in [0.25, 0.3) is 5.91 Å². The molecule has 2 aromatic rings. The summed E-state index contributed by atoms with van der Waals surface area (Å²) in [5.41, 5.74) is 1.53. The van der Waals surface area contributed by atoms with Crippen LogP contribution in [0.4, 0.5) is 0 Å². The Bertz CT molecular complexity index is 790. The van der Waals surface area contributed by atoms with Crippen molar-refractivity contribution in [1.29, 1.82) is 0 Å². The first-order valence-corrected chi connectivity index (χ1v) is 8.66. The molecule has 0 atom stereocenters. The summed E-state index contributed by atoms with van der Waals surface area (Å²) in [5.74, 6) is 2.58. The molecule has 1 aliphatic rings. The highest BCUT2D eigenvalue weighted by atomic mass is 16.7. The molecule has 1 heterocycles. The number of carbonyl (C=O) groups excluding carboxylic acids is 1. The molecular formula is C20H23NO5. The van der Waals surface area contributed by atoms with Crippen molar-refractivity contribution in [2.24, 2.45) is 0 Å². The van der Waals surface area contributed by atoms with Crippen LogP contribution in [0.1, 0.15) is 29.8 Å². The van der Waals surface area contributed by atoms with Crippen LogP contribution in [0.2, 0.25) is 0 Å². The predicted octanol–water partition coefficient (Wildman–Crippen LogP) is 3.48. The Morgan fingerprint density at radius 3 is 2.50 bits per heavy atom. The van der Waals surface area contributed by atoms with Crippen LogP contribution in [0.25, 0.3) is 0 Å². The molecule has 0 unspecified atom stereocenters. The van der Waals surface area contributed by atoms with Crippen molar-refractivity contribution in [2.75, 3.05) is 27.1 Å². The molecule has 0 bridgehead atoms. The molecule has 6 heteroatoms. The fraction of sp³-hybridized carbons (Fsp3) is 0.350. The molecule has 138 valence electrons. The van der Waals surface area contributed by atoms with Gasteiger partial charge in [-0.1, -0.05) is 6.07 Å². The van der Waals surface area contributed by atoms with E-state index in [1.807, 2.05) is 32.0 Å². The monoisotopic (exact) mass is 357 g/mol. The maximum absolute atomic E-state index is 12.8. The van der Waals surface area contributed by atoms with Gasteiger partial charge in [0.05, 0.1) is 13.2 Å². The number of rotatable bonds is 7. The predicted molar refractivity (Wildman–Crippen MR) is 97.1 cm³/mol. The Morgan fingerprint density at radius 2 is 1.73 bits per heavy atom. The summed E-state index contributed by atoms with van der Waals surface area (Å²) in [7, 11) is 1.77. The van der Waals surface area contributed by atoms with Crippen LogP contribution < -0.4 is 18.9 Å². The van der Waals surface area contributed by atoms with Gasteiger partial charge in [0.1, 0.15) is 0 Å². The summed E-state index contributed by atoms with van der Waals surface area (Å²) in [4.78, 5) is 14.4. The van der Waals surface area contributed by atoms with Crippen LogP contribution in [-0.4, -0.2) is 37.9 Å². The van der Waals surface area contributed by atoms with Gasteiger partial charge in [-0.25, -0.2) is 0 Å². The quantitative estimate of drug-likeness (QED) is 0.759. The number of fused-ring (bicyclic) bond motifs is 1. The topological polar surface area (TPSA) is 57.2 Å². The maximum atomic E-state index is 12.8. The SMILES string of the molecule is CCOc1ccc(C(=O)N(C)Cc2ccc3c(c2)OCO3)cc1OCC. The van der Waals surface area contributed by atoms with E-state index in [4.69, 9.17) is 18.9 Å². The third-order valence-electron chi connectivity index (χ3n) is 3.99. The van der Waals surface area contributed by atoms with Gasteiger partial charge in [-0.3, -0.25) is 4.79 Å². The van der Waals surface area contributed by atoms with Gasteiger partial charge in [0.2, 0.25) is 6.79 Å². The summed E-state index contributed by atoms with van der Waals surface area (Å²) in [6.07, 6.45) is 0. The molecule has 0 radical (unpaired) electrons. The van der Waals surface area contributed by atoms with Crippen LogP contribution in [0.15, 0.2) is 36.4 Å². The lowest BCUT2D eigenvalue weighted by Crippen LogP contribution is -2.26. The summed E-state index contributed by atoms with van der Waals surface area (Å²) in [6.45, 7) is 5.55. The van der Waals surface area contributed by atoms with Crippen molar-refractivity contribution >= 4 is 5.91 Å². The number of hydrogen-bond acceptors (Lipinski definition) is 5. The largest absolute Gasteiger partial charge is 0.490 e. The first-order valence-electron chi connectivity index (χ1n) is 8.66. The average Bonchev–Trinajstić information content (AvgIpc) is 3.10. The standard InChI is InChI=1S/C20H23NO5/c1-4-23-16-9-7-15(11-19(16)24-5-2)20(22)21(3)12-14-6-8-17-18(10-14)26-13-25-17/h6-11H,4-5,12-13H2,1-3H3. The van der Waals surface area contributed by atoms with Crippen molar-refractivity contribution in [2.45, 2.75) is 20.4 Å². The normalized spacial score (nSPS) is 12.0. The zero-order valence-corrected chi connectivity index (χ0v) is 15.3. The van der Waals surface area contributed by atoms with Crippen LogP contribution in [0.5, 0.6) is 23.0 Å². The zero-order chi connectivity index (χ0) is 18.5. The minimum Gasteiger partial charge on any atom is -0.490 e. The molecule has 0 aliphatic carbocycles. The lowest BCUT2D eigenvalue weighted by molar-refractivity contribution is 0.0784. The van der Waals surface area contributed by atoms with Crippen molar-refractivity contribution in [3.63, 3.8) is 0 Å². The third-order valence-corrected chi connectivity index (χ3v) is 3.99. The summed E-state index contributed by atoms with van der Waals surface area (Å²) >= 11 is 0. The van der Waals surface area contributed by atoms with E-state index in [1.54, 1.807) is 30.1 Å². The number of hydrogen-bond donors (Lipinski definition) is 0. The number of nitrogens with zero attached hydrogens (tertiary/aromatic N) is 1. The van der Waals surface area contributed by atoms with Gasteiger partial charge < -0.3 is 23.8 Å². The third kappa shape index (κ3) is 3.85. The number of benzene rings is 2. The lowest BCUT2D eigenvalue weighted by atomic mass is 10.1. The first kappa shape index (κ1) is 17.9. The Labute approximate surface area is 153 Å². The molecule has 26 heavy (non-hydrogen) atoms. The zero-order valence-electron chi connectivity index (χ0n) is 15.3. The van der Waals surface area contributed by atoms with Crippen molar-refractivity contribution in [3.05, 3.63) is 47.5 Å². The number of carbonyl (C=O) groups is 1. The highest BCUT2D eigenvalue weighted by Crippen LogP contribution is 2.33. The second kappa shape index (κ2) is 7.99. The van der Waals surface area contributed by atoms with Gasteiger partial charge >= 0.3 is 0 Å². The Balaban J connectivity index is 1.74. The second-order valence-electron chi connectivity index (χ2n) is 5.88. The van der Waals surface area contributed by atoms with E-state index >= 15 is 0 Å². The molecule has 2 aromatic carbocycles. The molecule has 0 N–H and O–H groups in total. The Morgan fingerprint density at radius 1 is 1.00 bits per heavy atom. The summed E-state index contributed by atoms with van der Waals surface area (Å²) in [5, 5.41) is 0. The molecule has 1 amide bonds. The fourth-order valence-electron chi connectivity index (χ4n) is 2.79. The molecular weight excluding hydrogens is 334 g/mol. The smallest absolute Gasteiger partial charge is 0.254 e. The Hall–Kier alpha value is -2.89. The highest BCUT2D eigenvalue weighted by Gasteiger charge is 2.18. The maximum Gasteiger partial charge on any atom is 0.254 e. The minimum absolute atomic E-state index is 0.0910. The minimum atomic E-state index is -0.0910. The molecule has 1 aliphatic heterocycles. The molecule has 3 rings (SSSR count). The van der Waals surface area contributed by atoms with Crippen LogP contribution in [-0.2, 0) is 6.54 Å². The van der Waals surface area contributed by atoms with E-state index in [9.17, 15) is 4.79 Å². The van der Waals surface area contributed by atoms with E-state index < -0.39 is 0 Å². The molecule has 0 saturated heterocycles. The fourth-order valence-corrected chi connectivity index (χ4v) is 2.79. The number of amides is 1. The molecule has 0 spiro atoms. The van der Waals surface area contributed by atoms with E-state index in [0.29, 0.717) is 42.6 Å². The van der Waals surface area contributed by atoms with Gasteiger partial charge in [-0.05, 0) is 49.7 Å². The van der Waals surface area contributed by atoms with Crippen LogP contribution in [0, 0.1) is 0 Å². The first-order chi connectivity index (χ1) is 12.6. The van der Waals surface area contributed by atoms with Crippen LogP contribution >= 0.6 is 0 Å². The van der Waals surface area contributed by atoms with Gasteiger partial charge in [0, 0.05) is 19.2 Å². The van der Waals surface area contributed by atoms with Crippen molar-refractivity contribution in [1.82, 2.24) is 4.90 Å². The van der Waals surface area contributed by atoms with Crippen molar-refractivity contribution < 1.29 is 23.7 Å². The Kier molecular flexibility index (Phi) is 5.51. The van der Waals surface area contributed by atoms with E-state index in [0.717, 1.165) is 11.3 Å². The number of ether oxygens (including phenoxy) is 4. The lowest BCUT2D eigenvalue weighted by Gasteiger charge is -2.19. The van der Waals surface area contributed by atoms with E-state index in [1.165, 1.54) is 0 Å². The molecule has 0 aromatic heterocycles. The van der Waals surface area contributed by atoms with E-state index in [-0.39, 0.29) is 12.7 Å². The van der Waals surface area contributed by atoms with Crippen molar-refractivity contribution in [3.8, 4) is 23.0 Å². The average molecular weight is 357 g/mol. The van der Waals surface area contributed by atoms with Gasteiger partial charge in [0.15, 0.2) is 23.0 Å². The summed E-state index contributed by atoms with van der Waals surface area (Å²) in [6, 6.07) is 11.0. The van der Waals surface area contributed by atoms with E-state index in [2.05, 4.69) is 0 Å².